The van der Waals surface area contributed by atoms with Gasteiger partial charge in [-0.2, -0.15) is 0 Å². The predicted octanol–water partition coefficient (Wildman–Crippen LogP) is 4.58. The average molecular weight is 296 g/mol. The fourth-order valence-electron chi connectivity index (χ4n) is 2.09. The molecule has 0 spiro atoms. The Balaban J connectivity index is 2.78. The number of rotatable bonds is 5. The predicted molar refractivity (Wildman–Crippen MR) is 86.6 cm³/mol. The van der Waals surface area contributed by atoms with Gasteiger partial charge in [-0.05, 0) is 35.4 Å². The minimum Gasteiger partial charge on any atom is -0.349 e. The van der Waals surface area contributed by atoms with E-state index in [-0.39, 0.29) is 17.4 Å². The third-order valence-corrected chi connectivity index (χ3v) is 3.81. The second kappa shape index (κ2) is 7.12. The summed E-state index contributed by atoms with van der Waals surface area (Å²) in [6.45, 7) is 10.6. The highest BCUT2D eigenvalue weighted by molar-refractivity contribution is 6.17. The van der Waals surface area contributed by atoms with Gasteiger partial charge in [0.2, 0.25) is 0 Å². The average Bonchev–Trinajstić information content (AvgIpc) is 2.37. The van der Waals surface area contributed by atoms with Gasteiger partial charge in [-0.3, -0.25) is 4.79 Å². The fourth-order valence-corrected chi connectivity index (χ4v) is 2.31. The molecule has 3 heteroatoms. The molecule has 0 radical (unpaired) electrons. The Labute approximate surface area is 127 Å². The lowest BCUT2D eigenvalue weighted by Gasteiger charge is -2.31. The van der Waals surface area contributed by atoms with Crippen LogP contribution in [0.2, 0.25) is 0 Å². The molecule has 2 nitrogen and oxygen atoms in total. The SMILES string of the molecule is CC(C)c1ccc(C(=O)NC(CCCl)C(C)(C)C)cc1. The van der Waals surface area contributed by atoms with Crippen molar-refractivity contribution in [3.05, 3.63) is 35.4 Å². The Bertz CT molecular complexity index is 431. The second-order valence-electron chi connectivity index (χ2n) is 6.65. The maximum Gasteiger partial charge on any atom is 0.251 e. The summed E-state index contributed by atoms with van der Waals surface area (Å²) >= 11 is 5.84. The highest BCUT2D eigenvalue weighted by Gasteiger charge is 2.25. The Hall–Kier alpha value is -1.02. The summed E-state index contributed by atoms with van der Waals surface area (Å²) in [5, 5.41) is 3.10. The van der Waals surface area contributed by atoms with E-state index in [4.69, 9.17) is 11.6 Å². The molecule has 0 aliphatic heterocycles. The maximum absolute atomic E-state index is 12.3. The molecule has 1 rings (SSSR count). The van der Waals surface area contributed by atoms with E-state index in [1.807, 2.05) is 24.3 Å². The summed E-state index contributed by atoms with van der Waals surface area (Å²) in [7, 11) is 0. The first kappa shape index (κ1) is 17.0. The highest BCUT2D eigenvalue weighted by atomic mass is 35.5. The molecule has 0 aromatic heterocycles. The van der Waals surface area contributed by atoms with Crippen LogP contribution in [0.25, 0.3) is 0 Å². The van der Waals surface area contributed by atoms with Gasteiger partial charge in [0, 0.05) is 17.5 Å². The number of amides is 1. The smallest absolute Gasteiger partial charge is 0.251 e. The lowest BCUT2D eigenvalue weighted by molar-refractivity contribution is 0.0900. The second-order valence-corrected chi connectivity index (χ2v) is 7.02. The molecule has 0 bridgehead atoms. The molecule has 0 aliphatic rings. The molecule has 1 atom stereocenters. The molecule has 1 amide bonds. The third-order valence-electron chi connectivity index (χ3n) is 3.59. The number of alkyl halides is 1. The van der Waals surface area contributed by atoms with Gasteiger partial charge in [0.1, 0.15) is 0 Å². The molecule has 20 heavy (non-hydrogen) atoms. The number of carbonyl (C=O) groups is 1. The van der Waals surface area contributed by atoms with Crippen molar-refractivity contribution < 1.29 is 4.79 Å². The quantitative estimate of drug-likeness (QED) is 0.791. The number of halogens is 1. The van der Waals surface area contributed by atoms with Gasteiger partial charge in [-0.1, -0.05) is 46.8 Å². The molecule has 0 fully saturated rings. The van der Waals surface area contributed by atoms with E-state index in [0.717, 1.165) is 6.42 Å². The normalized spacial score (nSPS) is 13.3. The summed E-state index contributed by atoms with van der Waals surface area (Å²) in [5.74, 6) is 1.00. The number of hydrogen-bond acceptors (Lipinski definition) is 1. The van der Waals surface area contributed by atoms with Crippen LogP contribution in [0.15, 0.2) is 24.3 Å². The lowest BCUT2D eigenvalue weighted by Crippen LogP contribution is -2.44. The standard InChI is InChI=1S/C17H26ClNO/c1-12(2)13-6-8-14(9-7-13)16(20)19-15(10-11-18)17(3,4)5/h6-9,12,15H,10-11H2,1-5H3,(H,19,20). The van der Waals surface area contributed by atoms with Crippen LogP contribution in [-0.4, -0.2) is 17.8 Å². The Morgan fingerprint density at radius 1 is 1.20 bits per heavy atom. The van der Waals surface area contributed by atoms with Crippen LogP contribution in [0.1, 0.15) is 62.9 Å². The molecular formula is C17H26ClNO. The monoisotopic (exact) mass is 295 g/mol. The fraction of sp³-hybridized carbons (Fsp3) is 0.588. The Morgan fingerprint density at radius 2 is 1.75 bits per heavy atom. The van der Waals surface area contributed by atoms with Crippen LogP contribution >= 0.6 is 11.6 Å². The van der Waals surface area contributed by atoms with Crippen molar-refractivity contribution in [2.75, 3.05) is 5.88 Å². The van der Waals surface area contributed by atoms with Crippen molar-refractivity contribution in [3.63, 3.8) is 0 Å². The van der Waals surface area contributed by atoms with Crippen LogP contribution < -0.4 is 5.32 Å². The summed E-state index contributed by atoms with van der Waals surface area (Å²) in [6.07, 6.45) is 0.779. The first-order valence-electron chi connectivity index (χ1n) is 7.22. The zero-order valence-corrected chi connectivity index (χ0v) is 13.9. The van der Waals surface area contributed by atoms with E-state index < -0.39 is 0 Å². The van der Waals surface area contributed by atoms with E-state index >= 15 is 0 Å². The van der Waals surface area contributed by atoms with Crippen LogP contribution in [0.4, 0.5) is 0 Å². The van der Waals surface area contributed by atoms with Crippen molar-refractivity contribution in [2.24, 2.45) is 5.41 Å². The zero-order chi connectivity index (χ0) is 15.3. The molecule has 112 valence electrons. The largest absolute Gasteiger partial charge is 0.349 e. The number of hydrogen-bond donors (Lipinski definition) is 1. The Morgan fingerprint density at radius 3 is 2.15 bits per heavy atom. The molecule has 1 N–H and O–H groups in total. The molecule has 1 aromatic rings. The van der Waals surface area contributed by atoms with E-state index in [1.165, 1.54) is 5.56 Å². The van der Waals surface area contributed by atoms with E-state index in [1.54, 1.807) is 0 Å². The van der Waals surface area contributed by atoms with Crippen molar-refractivity contribution >= 4 is 17.5 Å². The lowest BCUT2D eigenvalue weighted by atomic mass is 9.85. The number of nitrogens with one attached hydrogen (secondary N) is 1. The van der Waals surface area contributed by atoms with Gasteiger partial charge >= 0.3 is 0 Å². The molecule has 0 aliphatic carbocycles. The van der Waals surface area contributed by atoms with Crippen molar-refractivity contribution in [3.8, 4) is 0 Å². The number of carbonyl (C=O) groups excluding carboxylic acids is 1. The minimum atomic E-state index is -0.0228. The number of benzene rings is 1. The van der Waals surface area contributed by atoms with Gasteiger partial charge in [-0.15, -0.1) is 11.6 Å². The van der Waals surface area contributed by atoms with Crippen LogP contribution in [0, 0.1) is 5.41 Å². The van der Waals surface area contributed by atoms with Gasteiger partial charge in [-0.25, -0.2) is 0 Å². The van der Waals surface area contributed by atoms with Crippen molar-refractivity contribution in [1.29, 1.82) is 0 Å². The van der Waals surface area contributed by atoms with Gasteiger partial charge in [0.15, 0.2) is 0 Å². The minimum absolute atomic E-state index is 0.00240. The van der Waals surface area contributed by atoms with Crippen LogP contribution in [0.5, 0.6) is 0 Å². The molecule has 0 saturated heterocycles. The van der Waals surface area contributed by atoms with Crippen molar-refractivity contribution in [1.82, 2.24) is 5.32 Å². The molecular weight excluding hydrogens is 270 g/mol. The van der Waals surface area contributed by atoms with Gasteiger partial charge in [0.25, 0.3) is 5.91 Å². The maximum atomic E-state index is 12.3. The summed E-state index contributed by atoms with van der Waals surface area (Å²) in [5.41, 5.74) is 1.95. The first-order chi connectivity index (χ1) is 9.25. The summed E-state index contributed by atoms with van der Waals surface area (Å²) < 4.78 is 0. The highest BCUT2D eigenvalue weighted by Crippen LogP contribution is 2.23. The first-order valence-corrected chi connectivity index (χ1v) is 7.76. The zero-order valence-electron chi connectivity index (χ0n) is 13.2. The van der Waals surface area contributed by atoms with Gasteiger partial charge < -0.3 is 5.32 Å². The van der Waals surface area contributed by atoms with Crippen LogP contribution in [-0.2, 0) is 0 Å². The molecule has 0 heterocycles. The Kier molecular flexibility index (Phi) is 6.07. The molecule has 0 saturated carbocycles. The molecule has 1 unspecified atom stereocenters. The van der Waals surface area contributed by atoms with Crippen molar-refractivity contribution in [2.45, 2.75) is 53.0 Å². The molecule has 1 aromatic carbocycles. The van der Waals surface area contributed by atoms with Crippen LogP contribution in [0.3, 0.4) is 0 Å². The van der Waals surface area contributed by atoms with Gasteiger partial charge in [0.05, 0.1) is 0 Å². The van der Waals surface area contributed by atoms with E-state index in [2.05, 4.69) is 39.9 Å². The third kappa shape index (κ3) is 4.82. The summed E-state index contributed by atoms with van der Waals surface area (Å²) in [4.78, 5) is 12.3. The van der Waals surface area contributed by atoms with E-state index in [9.17, 15) is 4.79 Å². The topological polar surface area (TPSA) is 29.1 Å². The van der Waals surface area contributed by atoms with E-state index in [0.29, 0.717) is 17.4 Å². The summed E-state index contributed by atoms with van der Waals surface area (Å²) in [6, 6.07) is 7.91.